The van der Waals surface area contributed by atoms with E-state index in [0.29, 0.717) is 5.56 Å². The Morgan fingerprint density at radius 1 is 1.00 bits per heavy atom. The van der Waals surface area contributed by atoms with Gasteiger partial charge in [-0.05, 0) is 68.9 Å². The standard InChI is InChI=1S/C22H22FN3S.BrH/c1-15-8-7-13-20(16(15)2)24-22-26(25-17-9-3-4-10-17)21(14-27-22)18-11-5-6-12-19(18)23;/h5-8,11-14H,3-4,9-10H2,1-2H3;1H. The molecule has 0 amide bonds. The van der Waals surface area contributed by atoms with Crippen LogP contribution >= 0.6 is 28.3 Å². The lowest BCUT2D eigenvalue weighted by Gasteiger charge is -2.07. The van der Waals surface area contributed by atoms with E-state index in [9.17, 15) is 4.39 Å². The predicted octanol–water partition coefficient (Wildman–Crippen LogP) is 6.56. The Morgan fingerprint density at radius 3 is 2.50 bits per heavy atom. The van der Waals surface area contributed by atoms with Crippen molar-refractivity contribution < 1.29 is 4.39 Å². The molecule has 0 radical (unpaired) electrons. The van der Waals surface area contributed by atoms with Crippen molar-refractivity contribution in [1.82, 2.24) is 4.68 Å². The van der Waals surface area contributed by atoms with E-state index in [2.05, 4.69) is 19.9 Å². The van der Waals surface area contributed by atoms with Crippen molar-refractivity contribution in [3.05, 3.63) is 69.6 Å². The van der Waals surface area contributed by atoms with Crippen LogP contribution in [0.3, 0.4) is 0 Å². The van der Waals surface area contributed by atoms with Crippen LogP contribution in [0.25, 0.3) is 11.3 Å². The Bertz CT molecular complexity index is 1070. The Hall–Kier alpha value is -2.05. The molecular formula is C22H23BrFN3S. The lowest BCUT2D eigenvalue weighted by atomic mass is 10.1. The van der Waals surface area contributed by atoms with E-state index >= 15 is 0 Å². The molecule has 1 aliphatic rings. The van der Waals surface area contributed by atoms with Gasteiger partial charge in [-0.25, -0.2) is 14.1 Å². The molecule has 0 atom stereocenters. The maximum atomic E-state index is 14.4. The van der Waals surface area contributed by atoms with Gasteiger partial charge in [-0.3, -0.25) is 0 Å². The molecule has 146 valence electrons. The second-order valence-electron chi connectivity index (χ2n) is 6.90. The zero-order valence-corrected chi connectivity index (χ0v) is 18.5. The molecule has 3 nitrogen and oxygen atoms in total. The van der Waals surface area contributed by atoms with E-state index in [0.717, 1.165) is 40.3 Å². The van der Waals surface area contributed by atoms with Crippen molar-refractivity contribution >= 4 is 39.7 Å². The van der Waals surface area contributed by atoms with Gasteiger partial charge < -0.3 is 0 Å². The number of aryl methyl sites for hydroxylation is 1. The summed E-state index contributed by atoms with van der Waals surface area (Å²) in [4.78, 5) is 5.64. The zero-order valence-electron chi connectivity index (χ0n) is 16.0. The summed E-state index contributed by atoms with van der Waals surface area (Å²) in [5, 5.41) is 6.81. The molecule has 1 heterocycles. The van der Waals surface area contributed by atoms with Crippen LogP contribution in [0.5, 0.6) is 0 Å². The molecule has 1 aliphatic carbocycles. The van der Waals surface area contributed by atoms with Crippen LogP contribution in [0.15, 0.2) is 57.9 Å². The van der Waals surface area contributed by atoms with Crippen molar-refractivity contribution in [2.24, 2.45) is 10.1 Å². The van der Waals surface area contributed by atoms with Crippen molar-refractivity contribution in [1.29, 1.82) is 0 Å². The molecule has 0 aliphatic heterocycles. The molecule has 2 aromatic carbocycles. The minimum absolute atomic E-state index is 0. The molecule has 0 unspecified atom stereocenters. The van der Waals surface area contributed by atoms with Gasteiger partial charge in [-0.1, -0.05) is 24.3 Å². The summed E-state index contributed by atoms with van der Waals surface area (Å²) in [6.45, 7) is 4.16. The Labute approximate surface area is 179 Å². The highest BCUT2D eigenvalue weighted by Gasteiger charge is 2.15. The number of nitrogens with zero attached hydrogens (tertiary/aromatic N) is 3. The summed E-state index contributed by atoms with van der Waals surface area (Å²) in [6, 6.07) is 13.0. The van der Waals surface area contributed by atoms with Gasteiger partial charge in [0.05, 0.1) is 11.4 Å². The first-order chi connectivity index (χ1) is 13.1. The number of hydrogen-bond donors (Lipinski definition) is 0. The van der Waals surface area contributed by atoms with Gasteiger partial charge in [0.2, 0.25) is 4.80 Å². The summed E-state index contributed by atoms with van der Waals surface area (Å²) in [6.07, 6.45) is 4.34. The fourth-order valence-electron chi connectivity index (χ4n) is 3.31. The molecule has 3 aromatic rings. The first kappa shape index (κ1) is 20.7. The van der Waals surface area contributed by atoms with Crippen LogP contribution < -0.4 is 4.80 Å². The number of halogens is 2. The van der Waals surface area contributed by atoms with E-state index < -0.39 is 0 Å². The van der Waals surface area contributed by atoms with Crippen LogP contribution in [0.4, 0.5) is 10.1 Å². The van der Waals surface area contributed by atoms with Crippen molar-refractivity contribution in [2.75, 3.05) is 0 Å². The molecule has 6 heteroatoms. The van der Waals surface area contributed by atoms with Crippen molar-refractivity contribution in [3.8, 4) is 11.3 Å². The average molecular weight is 460 g/mol. The number of rotatable bonds is 3. The molecule has 0 bridgehead atoms. The maximum Gasteiger partial charge on any atom is 0.211 e. The summed E-state index contributed by atoms with van der Waals surface area (Å²) in [5.74, 6) is -0.242. The zero-order chi connectivity index (χ0) is 18.8. The largest absolute Gasteiger partial charge is 0.219 e. The van der Waals surface area contributed by atoms with Gasteiger partial charge in [-0.2, -0.15) is 5.10 Å². The number of hydrogen-bond acceptors (Lipinski definition) is 3. The first-order valence-electron chi connectivity index (χ1n) is 9.26. The van der Waals surface area contributed by atoms with E-state index in [-0.39, 0.29) is 22.8 Å². The lowest BCUT2D eigenvalue weighted by Crippen LogP contribution is -2.13. The molecule has 28 heavy (non-hydrogen) atoms. The maximum absolute atomic E-state index is 14.4. The van der Waals surface area contributed by atoms with Gasteiger partial charge in [-0.15, -0.1) is 28.3 Å². The second-order valence-corrected chi connectivity index (χ2v) is 7.74. The number of aromatic nitrogens is 1. The van der Waals surface area contributed by atoms with Crippen molar-refractivity contribution in [3.63, 3.8) is 0 Å². The first-order valence-corrected chi connectivity index (χ1v) is 10.1. The van der Waals surface area contributed by atoms with E-state index in [1.807, 2.05) is 28.3 Å². The Balaban J connectivity index is 0.00000225. The highest BCUT2D eigenvalue weighted by Crippen LogP contribution is 2.26. The molecular weight excluding hydrogens is 437 g/mol. The SMILES string of the molecule is Br.Cc1cccc(N=c2scc(-c3ccccc3F)n2N=C2CCCC2)c1C. The topological polar surface area (TPSA) is 29.6 Å². The van der Waals surface area contributed by atoms with E-state index in [1.54, 1.807) is 12.1 Å². The molecule has 0 saturated heterocycles. The summed E-state index contributed by atoms with van der Waals surface area (Å²) < 4.78 is 16.3. The molecule has 4 rings (SSSR count). The van der Waals surface area contributed by atoms with Crippen LogP contribution in [-0.4, -0.2) is 10.4 Å². The third-order valence-corrected chi connectivity index (χ3v) is 5.87. The monoisotopic (exact) mass is 459 g/mol. The van der Waals surface area contributed by atoms with Crippen molar-refractivity contribution in [2.45, 2.75) is 39.5 Å². The molecule has 1 saturated carbocycles. The Kier molecular flexibility index (Phi) is 6.62. The van der Waals surface area contributed by atoms with Crippen LogP contribution in [-0.2, 0) is 0 Å². The second kappa shape index (κ2) is 8.97. The summed E-state index contributed by atoms with van der Waals surface area (Å²) >= 11 is 1.50. The van der Waals surface area contributed by atoms with Gasteiger partial charge in [0, 0.05) is 16.7 Å². The highest BCUT2D eigenvalue weighted by atomic mass is 79.9. The normalized spacial score (nSPS) is 14.2. The van der Waals surface area contributed by atoms with E-state index in [4.69, 9.17) is 10.1 Å². The molecule has 0 spiro atoms. The lowest BCUT2D eigenvalue weighted by molar-refractivity contribution is 0.629. The Morgan fingerprint density at radius 2 is 1.75 bits per heavy atom. The van der Waals surface area contributed by atoms with Crippen LogP contribution in [0.1, 0.15) is 36.8 Å². The smallest absolute Gasteiger partial charge is 0.211 e. The number of thiazole rings is 1. The highest BCUT2D eigenvalue weighted by molar-refractivity contribution is 8.93. The van der Waals surface area contributed by atoms with Gasteiger partial charge >= 0.3 is 0 Å². The van der Waals surface area contributed by atoms with Gasteiger partial charge in [0.15, 0.2) is 0 Å². The van der Waals surface area contributed by atoms with Gasteiger partial charge in [0.25, 0.3) is 0 Å². The summed E-state index contributed by atoms with van der Waals surface area (Å²) in [5.41, 5.74) is 5.75. The fourth-order valence-corrected chi connectivity index (χ4v) is 4.15. The van der Waals surface area contributed by atoms with Crippen LogP contribution in [0.2, 0.25) is 0 Å². The van der Waals surface area contributed by atoms with Crippen LogP contribution in [0, 0.1) is 19.7 Å². The molecule has 0 N–H and O–H groups in total. The summed E-state index contributed by atoms with van der Waals surface area (Å²) in [7, 11) is 0. The minimum Gasteiger partial charge on any atom is -0.219 e. The third kappa shape index (κ3) is 4.18. The predicted molar refractivity (Wildman–Crippen MR) is 120 cm³/mol. The third-order valence-electron chi connectivity index (χ3n) is 5.05. The quantitative estimate of drug-likeness (QED) is 0.424. The minimum atomic E-state index is -0.242. The van der Waals surface area contributed by atoms with Gasteiger partial charge in [0.1, 0.15) is 5.82 Å². The molecule has 1 fully saturated rings. The van der Waals surface area contributed by atoms with E-state index in [1.165, 1.54) is 35.8 Å². The fraction of sp³-hybridized carbons (Fsp3) is 0.273. The molecule has 1 aromatic heterocycles. The number of benzene rings is 2. The average Bonchev–Trinajstić information content (AvgIpc) is 3.31.